The van der Waals surface area contributed by atoms with Crippen LogP contribution in [0.2, 0.25) is 0 Å². The van der Waals surface area contributed by atoms with Crippen LogP contribution in [0.1, 0.15) is 59.3 Å². The minimum absolute atomic E-state index is 0.215. The van der Waals surface area contributed by atoms with Gasteiger partial charge in [0.2, 0.25) is 0 Å². The van der Waals surface area contributed by atoms with E-state index in [0.717, 1.165) is 51.6 Å². The van der Waals surface area contributed by atoms with Gasteiger partial charge in [0.15, 0.2) is 0 Å². The highest BCUT2D eigenvalue weighted by Gasteiger charge is 2.35. The maximum absolute atomic E-state index is 11.8. The van der Waals surface area contributed by atoms with E-state index in [4.69, 9.17) is 4.74 Å². The SMILES string of the molecule is CC(C)(C)OC(=O)NC1CCC(CC2(O)CCNC2)CC1. The Morgan fingerprint density at radius 3 is 2.52 bits per heavy atom. The Kier molecular flexibility index (Phi) is 5.15. The molecule has 5 nitrogen and oxygen atoms in total. The number of ether oxygens (including phenoxy) is 1. The van der Waals surface area contributed by atoms with Crippen molar-refractivity contribution < 1.29 is 14.6 Å². The van der Waals surface area contributed by atoms with E-state index < -0.39 is 11.2 Å². The summed E-state index contributed by atoms with van der Waals surface area (Å²) in [5.41, 5.74) is -0.948. The number of carbonyl (C=O) groups excluding carboxylic acids is 1. The highest BCUT2D eigenvalue weighted by molar-refractivity contribution is 5.68. The van der Waals surface area contributed by atoms with E-state index >= 15 is 0 Å². The van der Waals surface area contributed by atoms with Crippen LogP contribution in [0.15, 0.2) is 0 Å². The lowest BCUT2D eigenvalue weighted by Gasteiger charge is -2.33. The van der Waals surface area contributed by atoms with Crippen molar-refractivity contribution in [3.05, 3.63) is 0 Å². The van der Waals surface area contributed by atoms with Crippen molar-refractivity contribution >= 4 is 6.09 Å². The summed E-state index contributed by atoms with van der Waals surface area (Å²) < 4.78 is 5.29. The number of amides is 1. The lowest BCUT2D eigenvalue weighted by molar-refractivity contribution is 0.0251. The van der Waals surface area contributed by atoms with Gasteiger partial charge in [-0.05, 0) is 71.8 Å². The Morgan fingerprint density at radius 1 is 1.33 bits per heavy atom. The monoisotopic (exact) mass is 298 g/mol. The van der Waals surface area contributed by atoms with Crippen LogP contribution in [0.4, 0.5) is 4.79 Å². The van der Waals surface area contributed by atoms with Gasteiger partial charge in [0.05, 0.1) is 5.60 Å². The first-order chi connectivity index (χ1) is 9.76. The number of rotatable bonds is 3. The number of β-amino-alcohol motifs (C(OH)–C–C–N with tert-alkyl or cyclic N) is 1. The fraction of sp³-hybridized carbons (Fsp3) is 0.938. The summed E-state index contributed by atoms with van der Waals surface area (Å²) >= 11 is 0. The molecular formula is C16H30N2O3. The topological polar surface area (TPSA) is 70.6 Å². The second-order valence-corrected chi connectivity index (χ2v) is 7.72. The molecule has 1 unspecified atom stereocenters. The molecule has 2 aliphatic rings. The molecule has 1 aliphatic heterocycles. The van der Waals surface area contributed by atoms with Crippen LogP contribution in [0.5, 0.6) is 0 Å². The van der Waals surface area contributed by atoms with E-state index in [9.17, 15) is 9.90 Å². The first kappa shape index (κ1) is 16.6. The smallest absolute Gasteiger partial charge is 0.407 e. The minimum Gasteiger partial charge on any atom is -0.444 e. The zero-order chi connectivity index (χ0) is 15.5. The van der Waals surface area contributed by atoms with Crippen molar-refractivity contribution in [3.8, 4) is 0 Å². The van der Waals surface area contributed by atoms with Gasteiger partial charge in [0.25, 0.3) is 0 Å². The predicted molar refractivity (Wildman–Crippen MR) is 82.2 cm³/mol. The van der Waals surface area contributed by atoms with Gasteiger partial charge in [0.1, 0.15) is 5.60 Å². The molecule has 0 aromatic carbocycles. The van der Waals surface area contributed by atoms with Crippen molar-refractivity contribution in [2.75, 3.05) is 13.1 Å². The second-order valence-electron chi connectivity index (χ2n) is 7.72. The first-order valence-electron chi connectivity index (χ1n) is 8.18. The lowest BCUT2D eigenvalue weighted by atomic mass is 9.79. The first-order valence-corrected chi connectivity index (χ1v) is 8.18. The number of hydrogen-bond donors (Lipinski definition) is 3. The second kappa shape index (κ2) is 6.53. The molecule has 2 rings (SSSR count). The Balaban J connectivity index is 1.69. The highest BCUT2D eigenvalue weighted by atomic mass is 16.6. The van der Waals surface area contributed by atoms with Crippen molar-refractivity contribution in [2.24, 2.45) is 5.92 Å². The number of hydrogen-bond acceptors (Lipinski definition) is 4. The van der Waals surface area contributed by atoms with Gasteiger partial charge in [-0.2, -0.15) is 0 Å². The normalized spacial score (nSPS) is 33.7. The average molecular weight is 298 g/mol. The maximum atomic E-state index is 11.8. The van der Waals surface area contributed by atoms with Gasteiger partial charge < -0.3 is 20.5 Å². The Labute approximate surface area is 127 Å². The van der Waals surface area contributed by atoms with Gasteiger partial charge in [0, 0.05) is 12.6 Å². The summed E-state index contributed by atoms with van der Waals surface area (Å²) in [6, 6.07) is 0.215. The van der Waals surface area contributed by atoms with E-state index in [1.807, 2.05) is 20.8 Å². The number of aliphatic hydroxyl groups is 1. The van der Waals surface area contributed by atoms with Gasteiger partial charge in [-0.15, -0.1) is 0 Å². The van der Waals surface area contributed by atoms with Gasteiger partial charge in [-0.1, -0.05) is 0 Å². The number of nitrogens with one attached hydrogen (secondary N) is 2. The van der Waals surface area contributed by atoms with E-state index in [1.54, 1.807) is 0 Å². The molecule has 1 amide bonds. The molecule has 1 saturated carbocycles. The standard InChI is InChI=1S/C16H30N2O3/c1-15(2,3)21-14(19)18-13-6-4-12(5-7-13)10-16(20)8-9-17-11-16/h12-13,17,20H,4-11H2,1-3H3,(H,18,19). The summed E-state index contributed by atoms with van der Waals surface area (Å²) in [5, 5.41) is 16.6. The fourth-order valence-electron chi connectivity index (χ4n) is 3.43. The summed E-state index contributed by atoms with van der Waals surface area (Å²) in [4.78, 5) is 11.8. The van der Waals surface area contributed by atoms with E-state index in [2.05, 4.69) is 10.6 Å². The summed E-state index contributed by atoms with van der Waals surface area (Å²) in [7, 11) is 0. The molecule has 5 heteroatoms. The minimum atomic E-state index is -0.504. The van der Waals surface area contributed by atoms with Crippen LogP contribution in [-0.4, -0.2) is 41.5 Å². The molecule has 1 heterocycles. The summed E-state index contributed by atoms with van der Waals surface area (Å²) in [6.45, 7) is 7.27. The highest BCUT2D eigenvalue weighted by Crippen LogP contribution is 2.33. The zero-order valence-electron chi connectivity index (χ0n) is 13.6. The third-order valence-electron chi connectivity index (χ3n) is 4.46. The van der Waals surface area contributed by atoms with Crippen molar-refractivity contribution in [2.45, 2.75) is 76.5 Å². The Morgan fingerprint density at radius 2 is 2.00 bits per heavy atom. The molecule has 1 aliphatic carbocycles. The fourth-order valence-corrected chi connectivity index (χ4v) is 3.43. The molecule has 0 spiro atoms. The average Bonchev–Trinajstić information content (AvgIpc) is 2.76. The molecule has 3 N–H and O–H groups in total. The zero-order valence-corrected chi connectivity index (χ0v) is 13.6. The molecule has 0 bridgehead atoms. The third-order valence-corrected chi connectivity index (χ3v) is 4.46. The molecule has 0 radical (unpaired) electrons. The van der Waals surface area contributed by atoms with Crippen LogP contribution >= 0.6 is 0 Å². The van der Waals surface area contributed by atoms with Crippen LogP contribution in [-0.2, 0) is 4.74 Å². The van der Waals surface area contributed by atoms with Gasteiger partial charge in [-0.3, -0.25) is 0 Å². The van der Waals surface area contributed by atoms with Gasteiger partial charge in [-0.25, -0.2) is 4.79 Å². The van der Waals surface area contributed by atoms with E-state index in [-0.39, 0.29) is 12.1 Å². The van der Waals surface area contributed by atoms with E-state index in [1.165, 1.54) is 0 Å². The van der Waals surface area contributed by atoms with Gasteiger partial charge >= 0.3 is 6.09 Å². The number of alkyl carbamates (subject to hydrolysis) is 1. The quantitative estimate of drug-likeness (QED) is 0.747. The molecule has 122 valence electrons. The molecule has 21 heavy (non-hydrogen) atoms. The molecular weight excluding hydrogens is 268 g/mol. The van der Waals surface area contributed by atoms with Crippen molar-refractivity contribution in [1.82, 2.24) is 10.6 Å². The maximum Gasteiger partial charge on any atom is 0.407 e. The van der Waals surface area contributed by atoms with Crippen LogP contribution in [0.3, 0.4) is 0 Å². The lowest BCUT2D eigenvalue weighted by Crippen LogP contribution is -2.42. The van der Waals surface area contributed by atoms with Crippen LogP contribution in [0, 0.1) is 5.92 Å². The largest absolute Gasteiger partial charge is 0.444 e. The molecule has 0 aromatic rings. The third kappa shape index (κ3) is 5.47. The molecule has 1 saturated heterocycles. The van der Waals surface area contributed by atoms with Crippen LogP contribution < -0.4 is 10.6 Å². The Bertz CT molecular complexity index is 351. The Hall–Kier alpha value is -0.810. The molecule has 2 fully saturated rings. The molecule has 0 aromatic heterocycles. The van der Waals surface area contributed by atoms with Crippen molar-refractivity contribution in [1.29, 1.82) is 0 Å². The molecule has 1 atom stereocenters. The summed E-state index contributed by atoms with van der Waals surface area (Å²) in [6.07, 6.45) is 5.54. The predicted octanol–water partition coefficient (Wildman–Crippen LogP) is 2.18. The summed E-state index contributed by atoms with van der Waals surface area (Å²) in [5.74, 6) is 0.576. The number of carbonyl (C=O) groups is 1. The van der Waals surface area contributed by atoms with Crippen LogP contribution in [0.25, 0.3) is 0 Å². The van der Waals surface area contributed by atoms with E-state index in [0.29, 0.717) is 5.92 Å². The van der Waals surface area contributed by atoms with Crippen molar-refractivity contribution in [3.63, 3.8) is 0 Å².